The van der Waals surface area contributed by atoms with Crippen LogP contribution in [0.2, 0.25) is 0 Å². The van der Waals surface area contributed by atoms with Crippen LogP contribution in [0.5, 0.6) is 0 Å². The van der Waals surface area contributed by atoms with Crippen molar-refractivity contribution in [2.75, 3.05) is 5.17 Å². The van der Waals surface area contributed by atoms with Gasteiger partial charge in [0.15, 0.2) is 5.10 Å². The summed E-state index contributed by atoms with van der Waals surface area (Å²) in [5.41, 5.74) is -0.0382. The molecule has 0 unspecified atom stereocenters. The average Bonchev–Trinajstić information content (AvgIpc) is 2.25. The number of hydrazone groups is 1. The second-order valence-electron chi connectivity index (χ2n) is 2.52. The lowest BCUT2D eigenvalue weighted by atomic mass is 10.3. The molecule has 1 aromatic rings. The number of nitrogens with zero attached hydrogens (tertiary/aromatic N) is 4. The smallest absolute Gasteiger partial charge is 0.698 e. The highest BCUT2D eigenvalue weighted by molar-refractivity contribution is 5.64. The molecule has 0 heterocycles. The summed E-state index contributed by atoms with van der Waals surface area (Å²) >= 11 is 0. The Morgan fingerprint density at radius 2 is 1.62 bits per heavy atom. The highest BCUT2D eigenvalue weighted by Gasteiger charge is 2.29. The zero-order chi connectivity index (χ0) is 12.1. The molecule has 0 aliphatic rings. The highest BCUT2D eigenvalue weighted by Crippen LogP contribution is 2.11. The van der Waals surface area contributed by atoms with E-state index in [1.54, 1.807) is 6.07 Å². The van der Waals surface area contributed by atoms with Crippen molar-refractivity contribution in [3.05, 3.63) is 55.8 Å². The van der Waals surface area contributed by atoms with Crippen LogP contribution in [0.4, 0.5) is 5.69 Å². The third-order valence-corrected chi connectivity index (χ3v) is 1.48. The van der Waals surface area contributed by atoms with Gasteiger partial charge in [0.05, 0.1) is 15.5 Å². The summed E-state index contributed by atoms with van der Waals surface area (Å²) in [6.45, 7) is 0. The minimum Gasteiger partial charge on any atom is -0.711 e. The minimum atomic E-state index is -1.63. The van der Waals surface area contributed by atoms with E-state index >= 15 is 0 Å². The molecule has 0 bridgehead atoms. The molecule has 1 aromatic carbocycles. The van der Waals surface area contributed by atoms with Crippen LogP contribution in [0.3, 0.4) is 0 Å². The number of hydrogen-bond donors (Lipinski definition) is 0. The largest absolute Gasteiger partial charge is 0.711 e. The first-order chi connectivity index (χ1) is 7.52. The molecule has 0 aromatic heterocycles. The Bertz CT molecular complexity index is 416. The lowest BCUT2D eigenvalue weighted by Crippen LogP contribution is -2.25. The van der Waals surface area contributed by atoms with E-state index in [0.717, 1.165) is 0 Å². The summed E-state index contributed by atoms with van der Waals surface area (Å²) in [5, 5.41) is 34.1. The lowest BCUT2D eigenvalue weighted by Gasteiger charge is -2.13. The molecule has 1 rings (SSSR count). The fraction of sp³-hybridized carbons (Fsp3) is 0. The van der Waals surface area contributed by atoms with E-state index in [4.69, 9.17) is 0 Å². The van der Waals surface area contributed by atoms with Crippen molar-refractivity contribution in [2.45, 2.75) is 0 Å². The van der Waals surface area contributed by atoms with E-state index in [-0.39, 0.29) is 10.9 Å². The van der Waals surface area contributed by atoms with Crippen LogP contribution in [-0.4, -0.2) is 15.8 Å². The Balaban J connectivity index is 2.98. The summed E-state index contributed by atoms with van der Waals surface area (Å²) in [4.78, 5) is 17.7. The predicted octanol–water partition coefficient (Wildman–Crippen LogP) is 0.815. The van der Waals surface area contributed by atoms with Crippen molar-refractivity contribution in [3.63, 3.8) is 0 Å². The monoisotopic (exact) mass is 225 g/mol. The van der Waals surface area contributed by atoms with Crippen LogP contribution < -0.4 is 5.17 Å². The first-order valence-electron chi connectivity index (χ1n) is 3.92. The molecule has 0 fully saturated rings. The SMILES string of the molecule is O=[N+]([O-])C(=NN([O-])c1ccccc1)[N+](=O)[O-]. The van der Waals surface area contributed by atoms with Gasteiger partial charge < -0.3 is 25.4 Å². The Labute approximate surface area is 88.5 Å². The van der Waals surface area contributed by atoms with E-state index in [2.05, 4.69) is 5.10 Å². The first kappa shape index (κ1) is 11.5. The van der Waals surface area contributed by atoms with Crippen molar-refractivity contribution in [1.29, 1.82) is 0 Å². The summed E-state index contributed by atoms with van der Waals surface area (Å²) in [7, 11) is 0. The maximum Gasteiger partial charge on any atom is 0.698 e. The number of para-hydroxylation sites is 1. The van der Waals surface area contributed by atoms with Gasteiger partial charge in [-0.05, 0) is 12.1 Å². The first-order valence-corrected chi connectivity index (χ1v) is 3.92. The molecule has 0 amide bonds. The van der Waals surface area contributed by atoms with E-state index in [1.165, 1.54) is 24.3 Å². The van der Waals surface area contributed by atoms with Gasteiger partial charge in [-0.15, -0.1) is 0 Å². The van der Waals surface area contributed by atoms with Gasteiger partial charge in [0, 0.05) is 0 Å². The number of anilines is 1. The number of rotatable bonds is 2. The molecule has 0 aliphatic heterocycles. The minimum absolute atomic E-state index is 0.0382. The third kappa shape index (κ3) is 2.72. The highest BCUT2D eigenvalue weighted by atomic mass is 16.7. The molecule has 9 heteroatoms. The van der Waals surface area contributed by atoms with Gasteiger partial charge in [-0.3, -0.25) is 0 Å². The van der Waals surface area contributed by atoms with Gasteiger partial charge in [-0.2, -0.15) is 5.17 Å². The number of nitro groups is 2. The van der Waals surface area contributed by atoms with E-state index < -0.39 is 15.8 Å². The topological polar surface area (TPSA) is 125 Å². The predicted molar refractivity (Wildman–Crippen MR) is 53.7 cm³/mol. The van der Waals surface area contributed by atoms with E-state index in [1.807, 2.05) is 0 Å². The normalized spacial score (nSPS) is 9.31. The zero-order valence-electron chi connectivity index (χ0n) is 7.72. The summed E-state index contributed by atoms with van der Waals surface area (Å²) in [6.07, 6.45) is 0. The van der Waals surface area contributed by atoms with E-state index in [0.29, 0.717) is 0 Å². The van der Waals surface area contributed by atoms with Gasteiger partial charge in [0.25, 0.3) is 0 Å². The Kier molecular flexibility index (Phi) is 3.45. The second kappa shape index (κ2) is 4.79. The van der Waals surface area contributed by atoms with Gasteiger partial charge in [0.2, 0.25) is 0 Å². The zero-order valence-corrected chi connectivity index (χ0v) is 7.72. The number of hydrogen-bond acceptors (Lipinski definition) is 7. The molecule has 0 radical (unpaired) electrons. The van der Waals surface area contributed by atoms with Gasteiger partial charge in [-0.25, -0.2) is 0 Å². The third-order valence-electron chi connectivity index (χ3n) is 1.48. The Hall–Kier alpha value is -2.55. The molecular formula is C7H5N4O5-. The van der Waals surface area contributed by atoms with Crippen molar-refractivity contribution >= 4 is 11.6 Å². The maximum absolute atomic E-state index is 11.2. The number of benzene rings is 1. The fourth-order valence-corrected chi connectivity index (χ4v) is 0.834. The summed E-state index contributed by atoms with van der Waals surface area (Å²) < 4.78 is 0. The van der Waals surface area contributed by atoms with Crippen molar-refractivity contribution in [1.82, 2.24) is 0 Å². The van der Waals surface area contributed by atoms with Crippen molar-refractivity contribution in [3.8, 4) is 0 Å². The standard InChI is InChI=1S/C7H5N4O5/c12-9(6-4-2-1-3-5-6)8-7(10(13)14)11(15)16/h1-5H/q-1. The van der Waals surface area contributed by atoms with Crippen LogP contribution in [0, 0.1) is 25.4 Å². The molecule has 0 saturated carbocycles. The second-order valence-corrected chi connectivity index (χ2v) is 2.52. The molecule has 9 nitrogen and oxygen atoms in total. The molecular weight excluding hydrogens is 220 g/mol. The van der Waals surface area contributed by atoms with Gasteiger partial charge in [0.1, 0.15) is 0 Å². The molecule has 0 aliphatic carbocycles. The average molecular weight is 225 g/mol. The van der Waals surface area contributed by atoms with Crippen LogP contribution >= 0.6 is 0 Å². The van der Waals surface area contributed by atoms with Gasteiger partial charge >= 0.3 is 5.96 Å². The molecule has 0 spiro atoms. The quantitative estimate of drug-likeness (QED) is 0.317. The van der Waals surface area contributed by atoms with Crippen LogP contribution in [0.1, 0.15) is 0 Å². The Morgan fingerprint density at radius 1 is 1.12 bits per heavy atom. The molecule has 0 atom stereocenters. The summed E-state index contributed by atoms with van der Waals surface area (Å²) in [6, 6.07) is 7.23. The van der Waals surface area contributed by atoms with Crippen LogP contribution in [-0.2, 0) is 0 Å². The molecule has 16 heavy (non-hydrogen) atoms. The molecule has 0 saturated heterocycles. The van der Waals surface area contributed by atoms with Crippen molar-refractivity contribution in [2.24, 2.45) is 5.10 Å². The molecule has 0 N–H and O–H groups in total. The van der Waals surface area contributed by atoms with Crippen molar-refractivity contribution < 1.29 is 9.85 Å². The Morgan fingerprint density at radius 3 is 2.06 bits per heavy atom. The van der Waals surface area contributed by atoms with Crippen LogP contribution in [0.25, 0.3) is 0 Å². The molecule has 84 valence electrons. The maximum atomic E-state index is 11.2. The number of guanidine groups is 1. The van der Waals surface area contributed by atoms with Gasteiger partial charge in [-0.1, -0.05) is 18.2 Å². The lowest BCUT2D eigenvalue weighted by molar-refractivity contribution is -0.503. The summed E-state index contributed by atoms with van der Waals surface area (Å²) in [5.74, 6) is -1.63. The van der Waals surface area contributed by atoms with Crippen LogP contribution in [0.15, 0.2) is 35.4 Å². The fourth-order valence-electron chi connectivity index (χ4n) is 0.834. The van der Waals surface area contributed by atoms with E-state index in [9.17, 15) is 25.4 Å².